The predicted octanol–water partition coefficient (Wildman–Crippen LogP) is 2.92. The number of ether oxygens (including phenoxy) is 1. The van der Waals surface area contributed by atoms with Crippen LogP contribution in [0.1, 0.15) is 22.3 Å². The molecule has 0 fully saturated rings. The first-order valence-corrected chi connectivity index (χ1v) is 9.53. The number of carbonyl (C=O) groups is 2. The van der Waals surface area contributed by atoms with E-state index in [0.29, 0.717) is 18.8 Å². The second-order valence-corrected chi connectivity index (χ2v) is 7.13. The summed E-state index contributed by atoms with van der Waals surface area (Å²) in [5.74, 6) is -1.03. The minimum absolute atomic E-state index is 0.0881. The maximum atomic E-state index is 12.5. The second kappa shape index (κ2) is 9.43. The molecule has 2 aromatic rings. The van der Waals surface area contributed by atoms with E-state index in [-0.39, 0.29) is 22.4 Å². The van der Waals surface area contributed by atoms with Gasteiger partial charge in [-0.2, -0.15) is 0 Å². The molecule has 8 heteroatoms. The van der Waals surface area contributed by atoms with Gasteiger partial charge in [-0.1, -0.05) is 36.4 Å². The zero-order chi connectivity index (χ0) is 21.7. The van der Waals surface area contributed by atoms with E-state index in [2.05, 4.69) is 0 Å². The van der Waals surface area contributed by atoms with E-state index in [0.717, 1.165) is 12.0 Å². The van der Waals surface area contributed by atoms with Crippen LogP contribution in [0.25, 0.3) is 5.57 Å². The lowest BCUT2D eigenvalue weighted by atomic mass is 10.00. The van der Waals surface area contributed by atoms with Crippen molar-refractivity contribution in [2.24, 2.45) is 0 Å². The third kappa shape index (κ3) is 4.97. The summed E-state index contributed by atoms with van der Waals surface area (Å²) >= 11 is 0. The summed E-state index contributed by atoms with van der Waals surface area (Å²) < 4.78 is 5.20. The molecule has 3 rings (SSSR count). The molecular formula is C22H24N3O5-. The molecule has 30 heavy (non-hydrogen) atoms. The summed E-state index contributed by atoms with van der Waals surface area (Å²) in [6.45, 7) is 0.602. The number of esters is 1. The van der Waals surface area contributed by atoms with Gasteiger partial charge < -0.3 is 25.0 Å². The molecule has 0 atom stereocenters. The summed E-state index contributed by atoms with van der Waals surface area (Å²) in [4.78, 5) is 28.3. The molecule has 1 aliphatic heterocycles. The zero-order valence-electron chi connectivity index (χ0n) is 16.9. The highest BCUT2D eigenvalue weighted by atomic mass is 16.8. The number of hydrogen-bond donors (Lipinski definition) is 1. The lowest BCUT2D eigenvalue weighted by molar-refractivity contribution is -0.134. The Bertz CT molecular complexity index is 941. The Morgan fingerprint density at radius 3 is 2.50 bits per heavy atom. The fourth-order valence-corrected chi connectivity index (χ4v) is 3.30. The third-order valence-corrected chi connectivity index (χ3v) is 4.94. The van der Waals surface area contributed by atoms with E-state index >= 15 is 0 Å². The highest BCUT2D eigenvalue weighted by Crippen LogP contribution is 2.25. The van der Waals surface area contributed by atoms with Gasteiger partial charge in [-0.25, -0.2) is 4.79 Å². The molecule has 0 saturated heterocycles. The molecule has 0 bridgehead atoms. The van der Waals surface area contributed by atoms with E-state index in [1.54, 1.807) is 23.9 Å². The number of carbonyl (C=O) groups excluding carboxylic acids is 2. The fourth-order valence-electron chi connectivity index (χ4n) is 3.30. The van der Waals surface area contributed by atoms with Gasteiger partial charge >= 0.3 is 5.97 Å². The molecule has 0 aliphatic carbocycles. The molecular weight excluding hydrogens is 386 g/mol. The maximum Gasteiger partial charge on any atom is 0.340 e. The minimum Gasteiger partial charge on any atom is -0.733 e. The van der Waals surface area contributed by atoms with Crippen LogP contribution in [0.3, 0.4) is 0 Å². The van der Waals surface area contributed by atoms with Crippen molar-refractivity contribution in [3.8, 4) is 0 Å². The van der Waals surface area contributed by atoms with Crippen molar-refractivity contribution >= 4 is 28.8 Å². The van der Waals surface area contributed by atoms with Gasteiger partial charge in [-0.05, 0) is 35.8 Å². The van der Waals surface area contributed by atoms with E-state index in [9.17, 15) is 14.8 Å². The quantitative estimate of drug-likeness (QED) is 0.578. The molecule has 1 aliphatic rings. The molecule has 158 valence electrons. The molecule has 0 aromatic heterocycles. The van der Waals surface area contributed by atoms with Crippen molar-refractivity contribution in [1.82, 2.24) is 4.90 Å². The topological polar surface area (TPSA) is 96.4 Å². The van der Waals surface area contributed by atoms with Gasteiger partial charge in [-0.3, -0.25) is 10.0 Å². The lowest BCUT2D eigenvalue weighted by Crippen LogP contribution is -2.37. The number of nitrogens with zero attached hydrogens (tertiary/aromatic N) is 3. The Hall–Kier alpha value is -3.36. The first kappa shape index (κ1) is 21.4. The normalized spacial score (nSPS) is 13.5. The molecule has 8 nitrogen and oxygen atoms in total. The molecule has 0 unspecified atom stereocenters. The van der Waals surface area contributed by atoms with Gasteiger partial charge in [0.1, 0.15) is 0 Å². The highest BCUT2D eigenvalue weighted by Gasteiger charge is 2.21. The summed E-state index contributed by atoms with van der Waals surface area (Å²) in [6, 6.07) is 14.1. The van der Waals surface area contributed by atoms with Gasteiger partial charge in [0, 0.05) is 27.2 Å². The Morgan fingerprint density at radius 1 is 1.17 bits per heavy atom. The Kier molecular flexibility index (Phi) is 6.71. The first-order valence-electron chi connectivity index (χ1n) is 9.53. The SMILES string of the molecule is CN(C)c1ccc(N([O-])O)cc1C(=O)OCC(=O)N1CC=C(c2ccccc2)CC1. The zero-order valence-corrected chi connectivity index (χ0v) is 16.9. The Balaban J connectivity index is 1.62. The highest BCUT2D eigenvalue weighted by molar-refractivity contribution is 5.98. The number of anilines is 2. The van der Waals surface area contributed by atoms with Gasteiger partial charge in [0.2, 0.25) is 0 Å². The van der Waals surface area contributed by atoms with Crippen molar-refractivity contribution in [1.29, 1.82) is 0 Å². The molecule has 0 saturated carbocycles. The van der Waals surface area contributed by atoms with Crippen molar-refractivity contribution in [3.05, 3.63) is 70.9 Å². The largest absolute Gasteiger partial charge is 0.733 e. The standard InChI is InChI=1S/C22H24N3O5/c1-23(2)20-9-8-18(25(28)29)14-19(20)22(27)30-15-21(26)24-12-10-17(11-13-24)16-6-4-3-5-7-16/h3-10,14,28H,11-13,15H2,1-2H3/q-1. The Morgan fingerprint density at radius 2 is 1.90 bits per heavy atom. The van der Waals surface area contributed by atoms with Gasteiger partial charge in [0.25, 0.3) is 5.91 Å². The first-order chi connectivity index (χ1) is 14.4. The van der Waals surface area contributed by atoms with Crippen LogP contribution < -0.4 is 10.1 Å². The number of hydrogen-bond acceptors (Lipinski definition) is 7. The summed E-state index contributed by atoms with van der Waals surface area (Å²) in [7, 11) is 3.46. The summed E-state index contributed by atoms with van der Waals surface area (Å²) in [5.41, 5.74) is 2.82. The van der Waals surface area contributed by atoms with Crippen LogP contribution in [0.15, 0.2) is 54.6 Å². The monoisotopic (exact) mass is 410 g/mol. The molecule has 2 aromatic carbocycles. The van der Waals surface area contributed by atoms with Crippen molar-refractivity contribution < 1.29 is 19.5 Å². The summed E-state index contributed by atoms with van der Waals surface area (Å²) in [6.07, 6.45) is 2.74. The average molecular weight is 410 g/mol. The summed E-state index contributed by atoms with van der Waals surface area (Å²) in [5, 5.41) is 19.9. The predicted molar refractivity (Wildman–Crippen MR) is 114 cm³/mol. The van der Waals surface area contributed by atoms with Crippen LogP contribution in [0.4, 0.5) is 11.4 Å². The second-order valence-electron chi connectivity index (χ2n) is 7.13. The molecule has 1 N–H and O–H groups in total. The maximum absolute atomic E-state index is 12.5. The van der Waals surface area contributed by atoms with Crippen LogP contribution >= 0.6 is 0 Å². The Labute approximate surface area is 175 Å². The van der Waals surface area contributed by atoms with E-state index in [1.165, 1.54) is 23.8 Å². The lowest BCUT2D eigenvalue weighted by Gasteiger charge is -2.27. The van der Waals surface area contributed by atoms with Crippen LogP contribution in [-0.2, 0) is 9.53 Å². The molecule has 0 radical (unpaired) electrons. The smallest absolute Gasteiger partial charge is 0.340 e. The third-order valence-electron chi connectivity index (χ3n) is 4.94. The van der Waals surface area contributed by atoms with Crippen molar-refractivity contribution in [3.63, 3.8) is 0 Å². The van der Waals surface area contributed by atoms with Crippen molar-refractivity contribution in [2.45, 2.75) is 6.42 Å². The number of rotatable bonds is 6. The van der Waals surface area contributed by atoms with E-state index in [4.69, 9.17) is 9.94 Å². The van der Waals surface area contributed by atoms with Crippen LogP contribution in [0.5, 0.6) is 0 Å². The van der Waals surface area contributed by atoms with Crippen LogP contribution in [0.2, 0.25) is 0 Å². The van der Waals surface area contributed by atoms with Gasteiger partial charge in [0.15, 0.2) is 6.61 Å². The van der Waals surface area contributed by atoms with Gasteiger partial charge in [0.05, 0.1) is 16.9 Å². The van der Waals surface area contributed by atoms with Crippen LogP contribution in [-0.4, -0.2) is 55.8 Å². The number of benzene rings is 2. The van der Waals surface area contributed by atoms with E-state index < -0.39 is 12.6 Å². The molecule has 1 amide bonds. The fraction of sp³-hybridized carbons (Fsp3) is 0.273. The van der Waals surface area contributed by atoms with Gasteiger partial charge in [-0.15, -0.1) is 0 Å². The average Bonchev–Trinajstić information content (AvgIpc) is 2.77. The van der Waals surface area contributed by atoms with Crippen LogP contribution in [0, 0.1) is 5.21 Å². The molecule has 1 heterocycles. The number of amides is 1. The molecule has 0 spiro atoms. The van der Waals surface area contributed by atoms with E-state index in [1.807, 2.05) is 36.4 Å². The minimum atomic E-state index is -0.742. The van der Waals surface area contributed by atoms with Crippen molar-refractivity contribution in [2.75, 3.05) is 43.9 Å².